The number of hydrogen-bond acceptors (Lipinski definition) is 5. The van der Waals surface area contributed by atoms with Gasteiger partial charge >= 0.3 is 11.9 Å². The first kappa shape index (κ1) is 11.8. The fourth-order valence-corrected chi connectivity index (χ4v) is 1.18. The molecule has 0 amide bonds. The number of aromatic hydroxyl groups is 1. The summed E-state index contributed by atoms with van der Waals surface area (Å²) >= 11 is 0. The molecule has 1 rings (SSSR count). The monoisotopic (exact) mass is 226 g/mol. The molecule has 6 nitrogen and oxygen atoms in total. The molecule has 86 valence electrons. The Labute approximate surface area is 91.0 Å². The molecule has 0 unspecified atom stereocenters. The molecule has 0 aliphatic carbocycles. The summed E-state index contributed by atoms with van der Waals surface area (Å²) in [5.41, 5.74) is -0.443. The average Bonchev–Trinajstić information content (AvgIpc) is 2.27. The minimum absolute atomic E-state index is 0.0300. The minimum atomic E-state index is -1.26. The van der Waals surface area contributed by atoms with E-state index in [0.29, 0.717) is 0 Å². The Bertz CT molecular complexity index is 437. The van der Waals surface area contributed by atoms with Crippen molar-refractivity contribution in [3.63, 3.8) is 0 Å². The number of esters is 1. The van der Waals surface area contributed by atoms with Crippen molar-refractivity contribution >= 4 is 11.9 Å². The number of rotatable bonds is 3. The van der Waals surface area contributed by atoms with Crippen LogP contribution < -0.4 is 4.74 Å². The van der Waals surface area contributed by atoms with Gasteiger partial charge in [0.05, 0.1) is 14.2 Å². The molecule has 1 aromatic rings. The van der Waals surface area contributed by atoms with Crippen molar-refractivity contribution in [3.05, 3.63) is 23.3 Å². The fraction of sp³-hybridized carbons (Fsp3) is 0.200. The van der Waals surface area contributed by atoms with Crippen LogP contribution in [0.2, 0.25) is 0 Å². The summed E-state index contributed by atoms with van der Waals surface area (Å²) in [7, 11) is 2.39. The van der Waals surface area contributed by atoms with Gasteiger partial charge in [-0.25, -0.2) is 9.59 Å². The summed E-state index contributed by atoms with van der Waals surface area (Å²) in [4.78, 5) is 22.0. The number of carbonyl (C=O) groups excluding carboxylic acids is 1. The number of phenolic OH excluding ortho intramolecular Hbond substituents is 1. The lowest BCUT2D eigenvalue weighted by Crippen LogP contribution is -2.06. The van der Waals surface area contributed by atoms with E-state index in [9.17, 15) is 14.7 Å². The van der Waals surface area contributed by atoms with Crippen LogP contribution >= 0.6 is 0 Å². The molecular weight excluding hydrogens is 216 g/mol. The third-order valence-electron chi connectivity index (χ3n) is 1.95. The third-order valence-corrected chi connectivity index (χ3v) is 1.95. The standard InChI is InChI=1S/C10H10O6/c1-15-8-4-7(11)5(10(14)16-2)3-6(8)9(12)13/h3-4,11H,1-2H3,(H,12,13). The predicted octanol–water partition coefficient (Wildman–Crippen LogP) is 0.886. The first-order valence-corrected chi connectivity index (χ1v) is 4.23. The van der Waals surface area contributed by atoms with Gasteiger partial charge < -0.3 is 19.7 Å². The summed E-state index contributed by atoms with van der Waals surface area (Å²) in [5.74, 6) is -2.50. The van der Waals surface area contributed by atoms with Crippen LogP contribution in [0.25, 0.3) is 0 Å². The molecule has 0 aliphatic rings. The topological polar surface area (TPSA) is 93.1 Å². The zero-order chi connectivity index (χ0) is 12.3. The van der Waals surface area contributed by atoms with Gasteiger partial charge in [-0.05, 0) is 6.07 Å². The molecule has 0 radical (unpaired) electrons. The van der Waals surface area contributed by atoms with Gasteiger partial charge in [-0.1, -0.05) is 0 Å². The number of benzene rings is 1. The number of phenols is 1. The summed E-state index contributed by atoms with van der Waals surface area (Å²) in [6.07, 6.45) is 0. The van der Waals surface area contributed by atoms with Crippen LogP contribution in [-0.4, -0.2) is 36.4 Å². The highest BCUT2D eigenvalue weighted by atomic mass is 16.5. The van der Waals surface area contributed by atoms with Crippen LogP contribution in [0.4, 0.5) is 0 Å². The maximum atomic E-state index is 11.2. The van der Waals surface area contributed by atoms with E-state index in [4.69, 9.17) is 9.84 Å². The molecule has 0 atom stereocenters. The molecule has 0 heterocycles. The molecule has 2 N–H and O–H groups in total. The molecule has 0 bridgehead atoms. The average molecular weight is 226 g/mol. The van der Waals surface area contributed by atoms with Crippen molar-refractivity contribution < 1.29 is 29.3 Å². The number of methoxy groups -OCH3 is 2. The highest BCUT2D eigenvalue weighted by molar-refractivity contribution is 5.98. The van der Waals surface area contributed by atoms with E-state index in [-0.39, 0.29) is 16.9 Å². The molecular formula is C10H10O6. The van der Waals surface area contributed by atoms with E-state index in [0.717, 1.165) is 19.2 Å². The zero-order valence-corrected chi connectivity index (χ0v) is 8.68. The van der Waals surface area contributed by atoms with Crippen LogP contribution in [0.5, 0.6) is 11.5 Å². The molecule has 0 spiro atoms. The predicted molar refractivity (Wildman–Crippen MR) is 53.0 cm³/mol. The number of carbonyl (C=O) groups is 2. The molecule has 0 saturated carbocycles. The Kier molecular flexibility index (Phi) is 3.34. The first-order valence-electron chi connectivity index (χ1n) is 4.23. The lowest BCUT2D eigenvalue weighted by molar-refractivity contribution is 0.0597. The van der Waals surface area contributed by atoms with Crippen LogP contribution in [0.1, 0.15) is 20.7 Å². The van der Waals surface area contributed by atoms with E-state index in [1.54, 1.807) is 0 Å². The Morgan fingerprint density at radius 3 is 2.25 bits per heavy atom. The van der Waals surface area contributed by atoms with Crippen molar-refractivity contribution in [2.24, 2.45) is 0 Å². The molecule has 0 aromatic heterocycles. The van der Waals surface area contributed by atoms with E-state index in [1.807, 2.05) is 0 Å². The molecule has 0 fully saturated rings. The minimum Gasteiger partial charge on any atom is -0.507 e. The summed E-state index contributed by atoms with van der Waals surface area (Å²) < 4.78 is 9.16. The molecule has 0 saturated heterocycles. The fourth-order valence-electron chi connectivity index (χ4n) is 1.18. The molecule has 6 heteroatoms. The van der Waals surface area contributed by atoms with Gasteiger partial charge in [0.15, 0.2) is 0 Å². The highest BCUT2D eigenvalue weighted by Gasteiger charge is 2.19. The van der Waals surface area contributed by atoms with Crippen LogP contribution in [0.3, 0.4) is 0 Å². The Morgan fingerprint density at radius 2 is 1.81 bits per heavy atom. The Hall–Kier alpha value is -2.24. The number of carboxylic acid groups (broad SMARTS) is 1. The van der Waals surface area contributed by atoms with Crippen molar-refractivity contribution in [3.8, 4) is 11.5 Å². The number of ether oxygens (including phenoxy) is 2. The van der Waals surface area contributed by atoms with Gasteiger partial charge in [0.25, 0.3) is 0 Å². The van der Waals surface area contributed by atoms with E-state index < -0.39 is 17.7 Å². The highest BCUT2D eigenvalue weighted by Crippen LogP contribution is 2.28. The smallest absolute Gasteiger partial charge is 0.341 e. The second-order valence-electron chi connectivity index (χ2n) is 2.87. The van der Waals surface area contributed by atoms with Crippen LogP contribution in [-0.2, 0) is 4.74 Å². The van der Waals surface area contributed by atoms with Gasteiger partial charge in [0.1, 0.15) is 22.6 Å². The quantitative estimate of drug-likeness (QED) is 0.743. The van der Waals surface area contributed by atoms with Crippen molar-refractivity contribution in [2.75, 3.05) is 14.2 Å². The summed E-state index contributed by atoms with van der Waals surface area (Å²) in [6.45, 7) is 0. The lowest BCUT2D eigenvalue weighted by atomic mass is 10.1. The van der Waals surface area contributed by atoms with Crippen LogP contribution in [0, 0.1) is 0 Å². The first-order chi connectivity index (χ1) is 7.51. The van der Waals surface area contributed by atoms with E-state index >= 15 is 0 Å². The van der Waals surface area contributed by atoms with E-state index in [2.05, 4.69) is 4.74 Å². The third kappa shape index (κ3) is 2.05. The maximum Gasteiger partial charge on any atom is 0.341 e. The zero-order valence-electron chi connectivity index (χ0n) is 8.68. The summed E-state index contributed by atoms with van der Waals surface area (Å²) in [5, 5.41) is 18.3. The van der Waals surface area contributed by atoms with Gasteiger partial charge in [-0.3, -0.25) is 0 Å². The van der Waals surface area contributed by atoms with Crippen molar-refractivity contribution in [1.29, 1.82) is 0 Å². The largest absolute Gasteiger partial charge is 0.507 e. The number of hydrogen-bond donors (Lipinski definition) is 2. The van der Waals surface area contributed by atoms with Gasteiger partial charge in [0, 0.05) is 6.07 Å². The van der Waals surface area contributed by atoms with Crippen molar-refractivity contribution in [2.45, 2.75) is 0 Å². The van der Waals surface area contributed by atoms with Gasteiger partial charge in [-0.15, -0.1) is 0 Å². The van der Waals surface area contributed by atoms with Crippen LogP contribution in [0.15, 0.2) is 12.1 Å². The molecule has 1 aromatic carbocycles. The lowest BCUT2D eigenvalue weighted by Gasteiger charge is -2.08. The Morgan fingerprint density at radius 1 is 1.19 bits per heavy atom. The SMILES string of the molecule is COC(=O)c1cc(C(=O)O)c(OC)cc1O. The van der Waals surface area contributed by atoms with E-state index in [1.165, 1.54) is 7.11 Å². The van der Waals surface area contributed by atoms with Gasteiger partial charge in [0.2, 0.25) is 0 Å². The van der Waals surface area contributed by atoms with Crippen molar-refractivity contribution in [1.82, 2.24) is 0 Å². The maximum absolute atomic E-state index is 11.2. The second kappa shape index (κ2) is 4.52. The second-order valence-corrected chi connectivity index (χ2v) is 2.87. The summed E-state index contributed by atoms with van der Waals surface area (Å²) in [6, 6.07) is 2.05. The normalized spacial score (nSPS) is 9.62. The molecule has 0 aliphatic heterocycles. The number of carboxylic acids is 1. The number of aromatic carboxylic acids is 1. The van der Waals surface area contributed by atoms with Gasteiger partial charge in [-0.2, -0.15) is 0 Å². The molecule has 16 heavy (non-hydrogen) atoms. The Balaban J connectivity index is 3.38.